The molecule has 7 nitrogen and oxygen atoms in total. The number of likely N-dealkylation sites (N-methyl/N-ethyl adjacent to an activating group) is 1. The summed E-state index contributed by atoms with van der Waals surface area (Å²) in [6, 6.07) is 26.5. The zero-order valence-electron chi connectivity index (χ0n) is 32.0. The molecule has 0 radical (unpaired) electrons. The molecular formula is C44H51N5NaO2+. The molecule has 3 aromatic carbocycles. The van der Waals surface area contributed by atoms with Crippen molar-refractivity contribution in [1.82, 2.24) is 9.97 Å². The molecule has 0 amide bonds. The third-order valence-corrected chi connectivity index (χ3v) is 10.6. The van der Waals surface area contributed by atoms with Gasteiger partial charge in [-0.05, 0) is 81.9 Å². The van der Waals surface area contributed by atoms with Crippen molar-refractivity contribution in [2.45, 2.75) is 91.1 Å². The van der Waals surface area contributed by atoms with Gasteiger partial charge in [0.15, 0.2) is 5.71 Å². The van der Waals surface area contributed by atoms with Crippen LogP contribution in [0.25, 0.3) is 0 Å². The van der Waals surface area contributed by atoms with Crippen LogP contribution in [0.5, 0.6) is 6.01 Å². The second kappa shape index (κ2) is 16.7. The van der Waals surface area contributed by atoms with Crippen LogP contribution in [0.3, 0.4) is 0 Å². The number of ketones is 1. The molecule has 1 aromatic heterocycles. The molecule has 264 valence electrons. The molecule has 0 bridgehead atoms. The predicted molar refractivity (Wildman–Crippen MR) is 207 cm³/mol. The number of hydrogen-bond acceptors (Lipinski definition) is 6. The number of aromatic nitrogens is 2. The Morgan fingerprint density at radius 3 is 2.52 bits per heavy atom. The first kappa shape index (κ1) is 39.2. The maximum atomic E-state index is 13.2. The van der Waals surface area contributed by atoms with E-state index in [0.717, 1.165) is 43.5 Å². The number of hydrogen-bond donors (Lipinski definition) is 1. The van der Waals surface area contributed by atoms with Crippen molar-refractivity contribution < 1.29 is 43.7 Å². The summed E-state index contributed by atoms with van der Waals surface area (Å²) in [7, 11) is 0. The summed E-state index contributed by atoms with van der Waals surface area (Å²) in [6.45, 7) is 15.7. The Morgan fingerprint density at radius 1 is 1.02 bits per heavy atom. The number of ether oxygens (including phenoxy) is 1. The second-order valence-corrected chi connectivity index (χ2v) is 14.5. The quantitative estimate of drug-likeness (QED) is 0.102. The molecular weight excluding hydrogens is 654 g/mol. The van der Waals surface area contributed by atoms with Gasteiger partial charge >= 0.3 is 35.6 Å². The van der Waals surface area contributed by atoms with Crippen LogP contribution >= 0.6 is 0 Å². The number of aryl methyl sites for hydroxylation is 2. The Bertz CT molecular complexity index is 2000. The van der Waals surface area contributed by atoms with E-state index in [2.05, 4.69) is 128 Å². The van der Waals surface area contributed by atoms with E-state index in [9.17, 15) is 4.79 Å². The number of rotatable bonds is 14. The summed E-state index contributed by atoms with van der Waals surface area (Å²) in [5.41, 5.74) is 16.6. The fourth-order valence-corrected chi connectivity index (χ4v) is 7.82. The van der Waals surface area contributed by atoms with Gasteiger partial charge < -0.3 is 15.4 Å². The van der Waals surface area contributed by atoms with Gasteiger partial charge in [0.2, 0.25) is 0 Å². The van der Waals surface area contributed by atoms with E-state index in [0.29, 0.717) is 31.0 Å². The normalized spacial score (nSPS) is 18.1. The predicted octanol–water partition coefficient (Wildman–Crippen LogP) is 5.76. The maximum absolute atomic E-state index is 13.2. The molecule has 3 heterocycles. The van der Waals surface area contributed by atoms with Crippen LogP contribution in [-0.2, 0) is 28.7 Å². The molecule has 2 N–H and O–H groups in total. The first-order valence-electron chi connectivity index (χ1n) is 18.3. The molecule has 0 fully saturated rings. The van der Waals surface area contributed by atoms with E-state index in [1.54, 1.807) is 12.3 Å². The van der Waals surface area contributed by atoms with Gasteiger partial charge in [0.25, 0.3) is 0 Å². The van der Waals surface area contributed by atoms with Crippen LogP contribution in [0.1, 0.15) is 88.1 Å². The minimum Gasteiger partial charge on any atom is -0.459 e. The first-order valence-corrected chi connectivity index (χ1v) is 18.3. The summed E-state index contributed by atoms with van der Waals surface area (Å²) in [5, 5.41) is 0. The molecule has 6 rings (SSSR count). The molecule has 0 aliphatic carbocycles. The van der Waals surface area contributed by atoms with E-state index < -0.39 is 0 Å². The Kier molecular flexibility index (Phi) is 12.6. The molecule has 2 aliphatic rings. The average Bonchev–Trinajstić information content (AvgIpc) is 3.49. The van der Waals surface area contributed by atoms with E-state index >= 15 is 0 Å². The van der Waals surface area contributed by atoms with Crippen molar-refractivity contribution in [2.75, 3.05) is 23.7 Å². The minimum absolute atomic E-state index is 0. The summed E-state index contributed by atoms with van der Waals surface area (Å²) in [6.07, 6.45) is 12.0. The number of nitrogens with zero attached hydrogens (tertiary/aromatic N) is 4. The zero-order valence-corrected chi connectivity index (χ0v) is 34.0. The van der Waals surface area contributed by atoms with Crippen molar-refractivity contribution in [3.8, 4) is 6.01 Å². The van der Waals surface area contributed by atoms with Gasteiger partial charge in [0, 0.05) is 53.9 Å². The van der Waals surface area contributed by atoms with Crippen LogP contribution in [0, 0.1) is 13.0 Å². The van der Waals surface area contributed by atoms with Gasteiger partial charge in [-0.1, -0.05) is 67.4 Å². The van der Waals surface area contributed by atoms with Gasteiger partial charge in [0.1, 0.15) is 30.4 Å². The largest absolute Gasteiger partial charge is 1.00 e. The summed E-state index contributed by atoms with van der Waals surface area (Å²) >= 11 is 0. The van der Waals surface area contributed by atoms with E-state index in [4.69, 9.17) is 10.5 Å². The number of carbonyl (C=O) groups excluding carboxylic acids is 1. The molecule has 4 aromatic rings. The molecule has 52 heavy (non-hydrogen) atoms. The van der Waals surface area contributed by atoms with Crippen LogP contribution in [0.15, 0.2) is 96.9 Å². The summed E-state index contributed by atoms with van der Waals surface area (Å²) < 4.78 is 8.08. The van der Waals surface area contributed by atoms with E-state index in [-0.39, 0.29) is 46.4 Å². The smallest absolute Gasteiger partial charge is 0.459 e. The number of nitrogen functional groups attached to an aromatic ring is 1. The summed E-state index contributed by atoms with van der Waals surface area (Å²) in [4.78, 5) is 23.8. The summed E-state index contributed by atoms with van der Waals surface area (Å²) in [5.74, 6) is 0.684. The third-order valence-electron chi connectivity index (χ3n) is 10.6. The van der Waals surface area contributed by atoms with Crippen LogP contribution in [0.4, 0.5) is 17.2 Å². The molecule has 0 saturated heterocycles. The van der Waals surface area contributed by atoms with Crippen molar-refractivity contribution in [3.05, 3.63) is 131 Å². The average molecular weight is 705 g/mol. The van der Waals surface area contributed by atoms with Crippen molar-refractivity contribution in [1.29, 1.82) is 0 Å². The SMILES string of the molecule is CCN1/C(=C/C=C/C2=[N+](CC)c3cc[c-]cc3C2(C)C)C(C)(CCCC(=O)CCc2ccc(COc3nccc(N)n3)cc2)c2cc(C)ccc21.[Na+]. The van der Waals surface area contributed by atoms with Crippen molar-refractivity contribution in [3.63, 3.8) is 0 Å². The number of benzene rings is 3. The number of allylic oxidation sites excluding steroid dienone is 4. The van der Waals surface area contributed by atoms with Crippen molar-refractivity contribution >= 4 is 28.7 Å². The van der Waals surface area contributed by atoms with Crippen LogP contribution < -0.4 is 44.9 Å². The molecule has 1 unspecified atom stereocenters. The Morgan fingerprint density at radius 2 is 1.79 bits per heavy atom. The molecule has 1 atom stereocenters. The van der Waals surface area contributed by atoms with Gasteiger partial charge in [-0.2, -0.15) is 23.2 Å². The van der Waals surface area contributed by atoms with Crippen LogP contribution in [0.2, 0.25) is 0 Å². The first-order chi connectivity index (χ1) is 24.5. The number of anilines is 2. The molecule has 2 aliphatic heterocycles. The fraction of sp³-hybridized carbons (Fsp3) is 0.364. The molecule has 0 saturated carbocycles. The number of carbonyl (C=O) groups is 1. The van der Waals surface area contributed by atoms with Gasteiger partial charge in [-0.15, -0.1) is 6.07 Å². The second-order valence-electron chi connectivity index (χ2n) is 14.5. The number of fused-ring (bicyclic) bond motifs is 2. The minimum atomic E-state index is -0.200. The van der Waals surface area contributed by atoms with Gasteiger partial charge in [-0.3, -0.25) is 4.79 Å². The Hall–Kier alpha value is -4.04. The van der Waals surface area contributed by atoms with Crippen LogP contribution in [-0.4, -0.2) is 39.1 Å². The maximum Gasteiger partial charge on any atom is 1.00 e. The number of nitrogens with two attached hydrogens (primary N) is 1. The Balaban J connectivity index is 0.00000523. The topological polar surface area (TPSA) is 84.3 Å². The monoisotopic (exact) mass is 704 g/mol. The van der Waals surface area contributed by atoms with Crippen molar-refractivity contribution in [2.24, 2.45) is 0 Å². The molecule has 0 spiro atoms. The van der Waals surface area contributed by atoms with Gasteiger partial charge in [-0.25, -0.2) is 9.56 Å². The Labute approximate surface area is 332 Å². The fourth-order valence-electron chi connectivity index (χ4n) is 7.82. The molecule has 8 heteroatoms. The standard InChI is InChI=1S/C44H51N5O2.Na/c1-7-48-37-15-10-9-14-35(37)43(4,5)39(48)16-11-17-40-44(6,36-29-31(3)18-25-38(36)49(40)8-2)27-12-13-34(50)24-23-32-19-21-33(22-20-32)30-51-42-46-28-26-41(45)47-42;/h10-11,14-22,25-26,28-29H,7-8,12-13,23-24,27,30H2,1-6H3,(H2,45,46,47);/q;+1. The number of Topliss-reactive ketones (excluding diaryl/α,β-unsaturated/α-hetero) is 1. The van der Waals surface area contributed by atoms with E-state index in [1.807, 2.05) is 18.2 Å². The zero-order chi connectivity index (χ0) is 36.2. The third kappa shape index (κ3) is 8.12. The van der Waals surface area contributed by atoms with E-state index in [1.165, 1.54) is 39.5 Å². The van der Waals surface area contributed by atoms with Gasteiger partial charge in [0.05, 0.1) is 0 Å².